The van der Waals surface area contributed by atoms with E-state index in [4.69, 9.17) is 0 Å². The summed E-state index contributed by atoms with van der Waals surface area (Å²) in [5.74, 6) is 1.68. The molecule has 82 valence electrons. The number of aryl methyl sites for hydroxylation is 1. The van der Waals surface area contributed by atoms with E-state index in [0.29, 0.717) is 6.04 Å². The summed E-state index contributed by atoms with van der Waals surface area (Å²) < 4.78 is 0.922. The minimum atomic E-state index is 0.576. The summed E-state index contributed by atoms with van der Waals surface area (Å²) in [5.41, 5.74) is 0. The molecule has 0 amide bonds. The average Bonchev–Trinajstić information content (AvgIpc) is 2.72. The SMILES string of the molecule is Cc1ncc(Br)c(NCC2CCCN2)n1. The number of halogens is 1. The lowest BCUT2D eigenvalue weighted by Crippen LogP contribution is -2.29. The molecule has 2 heterocycles. The predicted octanol–water partition coefficient (Wildman–Crippen LogP) is 1.71. The maximum absolute atomic E-state index is 4.34. The van der Waals surface area contributed by atoms with Crippen molar-refractivity contribution in [2.45, 2.75) is 25.8 Å². The van der Waals surface area contributed by atoms with Gasteiger partial charge in [-0.3, -0.25) is 0 Å². The number of aromatic nitrogens is 2. The van der Waals surface area contributed by atoms with E-state index in [9.17, 15) is 0 Å². The van der Waals surface area contributed by atoms with Gasteiger partial charge in [-0.15, -0.1) is 0 Å². The fraction of sp³-hybridized carbons (Fsp3) is 0.600. The largest absolute Gasteiger partial charge is 0.367 e. The van der Waals surface area contributed by atoms with E-state index in [1.807, 2.05) is 6.92 Å². The number of nitrogens with zero attached hydrogens (tertiary/aromatic N) is 2. The second kappa shape index (κ2) is 4.90. The summed E-state index contributed by atoms with van der Waals surface area (Å²) >= 11 is 3.43. The lowest BCUT2D eigenvalue weighted by molar-refractivity contribution is 0.632. The topological polar surface area (TPSA) is 49.8 Å². The molecule has 1 atom stereocenters. The molecular weight excluding hydrogens is 256 g/mol. The third kappa shape index (κ3) is 2.89. The van der Waals surface area contributed by atoms with Crippen LogP contribution in [0.4, 0.5) is 5.82 Å². The summed E-state index contributed by atoms with van der Waals surface area (Å²) in [7, 11) is 0. The van der Waals surface area contributed by atoms with Crippen LogP contribution in [0.3, 0.4) is 0 Å². The van der Waals surface area contributed by atoms with Gasteiger partial charge in [-0.1, -0.05) is 0 Å². The molecule has 0 bridgehead atoms. The van der Waals surface area contributed by atoms with Crippen molar-refractivity contribution in [3.8, 4) is 0 Å². The first-order valence-corrected chi connectivity index (χ1v) is 6.01. The Hall–Kier alpha value is -0.680. The lowest BCUT2D eigenvalue weighted by atomic mass is 10.2. The number of hydrogen-bond donors (Lipinski definition) is 2. The third-order valence-electron chi connectivity index (χ3n) is 2.54. The molecule has 1 aromatic heterocycles. The number of anilines is 1. The minimum Gasteiger partial charge on any atom is -0.367 e. The van der Waals surface area contributed by atoms with Crippen LogP contribution in [0.5, 0.6) is 0 Å². The Morgan fingerprint density at radius 3 is 3.27 bits per heavy atom. The van der Waals surface area contributed by atoms with Crippen LogP contribution in [0.25, 0.3) is 0 Å². The molecule has 1 saturated heterocycles. The number of rotatable bonds is 3. The molecular formula is C10H15BrN4. The van der Waals surface area contributed by atoms with Crippen molar-refractivity contribution in [2.24, 2.45) is 0 Å². The van der Waals surface area contributed by atoms with E-state index in [0.717, 1.165) is 29.2 Å². The van der Waals surface area contributed by atoms with Crippen LogP contribution < -0.4 is 10.6 Å². The highest BCUT2D eigenvalue weighted by molar-refractivity contribution is 9.10. The van der Waals surface area contributed by atoms with Crippen LogP contribution >= 0.6 is 15.9 Å². The van der Waals surface area contributed by atoms with E-state index in [2.05, 4.69) is 36.5 Å². The second-order valence-corrected chi connectivity index (χ2v) is 4.64. The van der Waals surface area contributed by atoms with Gasteiger partial charge in [0.15, 0.2) is 0 Å². The van der Waals surface area contributed by atoms with Gasteiger partial charge in [-0.2, -0.15) is 0 Å². The summed E-state index contributed by atoms with van der Waals surface area (Å²) in [6, 6.07) is 0.576. The van der Waals surface area contributed by atoms with Crippen molar-refractivity contribution in [2.75, 3.05) is 18.4 Å². The first-order chi connectivity index (χ1) is 7.25. The summed E-state index contributed by atoms with van der Waals surface area (Å²) in [6.07, 6.45) is 4.30. The molecule has 1 aromatic rings. The van der Waals surface area contributed by atoms with Gasteiger partial charge < -0.3 is 10.6 Å². The monoisotopic (exact) mass is 270 g/mol. The van der Waals surface area contributed by atoms with Crippen LogP contribution in [0.2, 0.25) is 0 Å². The highest BCUT2D eigenvalue weighted by Gasteiger charge is 2.14. The standard InChI is InChI=1S/C10H15BrN4/c1-7-13-6-9(11)10(15-7)14-5-8-3-2-4-12-8/h6,8,12H,2-5H2,1H3,(H,13,14,15). The van der Waals surface area contributed by atoms with Crippen molar-refractivity contribution < 1.29 is 0 Å². The smallest absolute Gasteiger partial charge is 0.144 e. The van der Waals surface area contributed by atoms with Crippen molar-refractivity contribution in [3.63, 3.8) is 0 Å². The molecule has 4 nitrogen and oxygen atoms in total. The molecule has 1 fully saturated rings. The van der Waals surface area contributed by atoms with Crippen LogP contribution in [0.15, 0.2) is 10.7 Å². The van der Waals surface area contributed by atoms with Gasteiger partial charge in [0.05, 0.1) is 4.47 Å². The summed E-state index contributed by atoms with van der Waals surface area (Å²) in [4.78, 5) is 8.44. The maximum atomic E-state index is 4.34. The fourth-order valence-electron chi connectivity index (χ4n) is 1.73. The molecule has 15 heavy (non-hydrogen) atoms. The number of nitrogens with one attached hydrogen (secondary N) is 2. The molecule has 0 spiro atoms. The molecule has 2 rings (SSSR count). The Bertz CT molecular complexity index is 336. The Labute approximate surface area is 98.0 Å². The zero-order valence-electron chi connectivity index (χ0n) is 8.76. The van der Waals surface area contributed by atoms with E-state index in [1.165, 1.54) is 12.8 Å². The summed E-state index contributed by atoms with van der Waals surface area (Å²) in [6.45, 7) is 3.96. The number of hydrogen-bond acceptors (Lipinski definition) is 4. The van der Waals surface area contributed by atoms with Crippen LogP contribution in [-0.2, 0) is 0 Å². The van der Waals surface area contributed by atoms with E-state index < -0.39 is 0 Å². The molecule has 2 N–H and O–H groups in total. The zero-order valence-corrected chi connectivity index (χ0v) is 10.3. The van der Waals surface area contributed by atoms with Gasteiger partial charge in [0.1, 0.15) is 11.6 Å². The van der Waals surface area contributed by atoms with Gasteiger partial charge >= 0.3 is 0 Å². The second-order valence-electron chi connectivity index (χ2n) is 3.79. The Balaban J connectivity index is 1.94. The molecule has 1 aliphatic heterocycles. The van der Waals surface area contributed by atoms with Crippen molar-refractivity contribution in [1.82, 2.24) is 15.3 Å². The molecule has 0 aliphatic carbocycles. The van der Waals surface area contributed by atoms with Gasteiger partial charge in [0.2, 0.25) is 0 Å². The van der Waals surface area contributed by atoms with Crippen molar-refractivity contribution in [1.29, 1.82) is 0 Å². The molecule has 1 unspecified atom stereocenters. The summed E-state index contributed by atoms with van der Waals surface area (Å²) in [5, 5.41) is 6.77. The zero-order chi connectivity index (χ0) is 10.7. The third-order valence-corrected chi connectivity index (χ3v) is 3.12. The van der Waals surface area contributed by atoms with Crippen LogP contribution in [0.1, 0.15) is 18.7 Å². The van der Waals surface area contributed by atoms with E-state index >= 15 is 0 Å². The van der Waals surface area contributed by atoms with Gasteiger partial charge in [-0.05, 0) is 42.2 Å². The van der Waals surface area contributed by atoms with E-state index in [1.54, 1.807) is 6.20 Å². The molecule has 0 saturated carbocycles. The molecule has 5 heteroatoms. The van der Waals surface area contributed by atoms with Crippen LogP contribution in [-0.4, -0.2) is 29.1 Å². The van der Waals surface area contributed by atoms with Crippen LogP contribution in [0, 0.1) is 6.92 Å². The Morgan fingerprint density at radius 1 is 1.67 bits per heavy atom. The Morgan fingerprint density at radius 2 is 2.53 bits per heavy atom. The van der Waals surface area contributed by atoms with Gasteiger partial charge in [0, 0.05) is 18.8 Å². The fourth-order valence-corrected chi connectivity index (χ4v) is 2.06. The lowest BCUT2D eigenvalue weighted by Gasteiger charge is -2.12. The first-order valence-electron chi connectivity index (χ1n) is 5.22. The molecule has 1 aliphatic rings. The quantitative estimate of drug-likeness (QED) is 0.878. The maximum Gasteiger partial charge on any atom is 0.144 e. The highest BCUT2D eigenvalue weighted by atomic mass is 79.9. The normalized spacial score (nSPS) is 20.5. The Kier molecular flexibility index (Phi) is 3.53. The average molecular weight is 271 g/mol. The highest BCUT2D eigenvalue weighted by Crippen LogP contribution is 2.18. The first kappa shape index (κ1) is 10.8. The van der Waals surface area contributed by atoms with Crippen molar-refractivity contribution in [3.05, 3.63) is 16.5 Å². The van der Waals surface area contributed by atoms with Gasteiger partial charge in [0.25, 0.3) is 0 Å². The predicted molar refractivity (Wildman–Crippen MR) is 64.0 cm³/mol. The van der Waals surface area contributed by atoms with Crippen molar-refractivity contribution >= 4 is 21.7 Å². The molecule has 0 radical (unpaired) electrons. The minimum absolute atomic E-state index is 0.576. The van der Waals surface area contributed by atoms with E-state index in [-0.39, 0.29) is 0 Å². The van der Waals surface area contributed by atoms with Gasteiger partial charge in [-0.25, -0.2) is 9.97 Å². The molecule has 0 aromatic carbocycles.